The van der Waals surface area contributed by atoms with Crippen molar-refractivity contribution >= 4 is 11.6 Å². The zero-order chi connectivity index (χ0) is 13.8. The predicted molar refractivity (Wildman–Crippen MR) is 77.9 cm³/mol. The number of amides is 1. The highest BCUT2D eigenvalue weighted by atomic mass is 16.2. The van der Waals surface area contributed by atoms with Crippen LogP contribution in [0.25, 0.3) is 0 Å². The maximum absolute atomic E-state index is 12.7. The van der Waals surface area contributed by atoms with E-state index in [-0.39, 0.29) is 5.91 Å². The van der Waals surface area contributed by atoms with Gasteiger partial charge in [0.15, 0.2) is 0 Å². The van der Waals surface area contributed by atoms with Gasteiger partial charge in [-0.3, -0.25) is 10.6 Å². The molecule has 0 heterocycles. The third-order valence-corrected chi connectivity index (χ3v) is 3.52. The van der Waals surface area contributed by atoms with Crippen molar-refractivity contribution in [3.05, 3.63) is 29.3 Å². The molecule has 4 heteroatoms. The number of anilines is 1. The molecule has 0 bridgehead atoms. The molecule has 0 atom stereocenters. The van der Waals surface area contributed by atoms with Gasteiger partial charge in [-0.15, -0.1) is 0 Å². The predicted octanol–water partition coefficient (Wildman–Crippen LogP) is 2.54. The first kappa shape index (κ1) is 13.9. The number of benzene rings is 1. The molecule has 0 aromatic heterocycles. The third-order valence-electron chi connectivity index (χ3n) is 3.52. The Bertz CT molecular complexity index is 455. The summed E-state index contributed by atoms with van der Waals surface area (Å²) in [5, 5.41) is 0. The van der Waals surface area contributed by atoms with Crippen molar-refractivity contribution in [3.8, 4) is 0 Å². The fourth-order valence-corrected chi connectivity index (χ4v) is 2.29. The number of nitrogens with zero attached hydrogens (tertiary/aromatic N) is 1. The Kier molecular flexibility index (Phi) is 4.43. The molecule has 19 heavy (non-hydrogen) atoms. The number of hydrogen-bond acceptors (Lipinski definition) is 3. The van der Waals surface area contributed by atoms with Crippen molar-refractivity contribution in [3.63, 3.8) is 0 Å². The van der Waals surface area contributed by atoms with E-state index in [4.69, 9.17) is 5.84 Å². The van der Waals surface area contributed by atoms with Crippen molar-refractivity contribution in [2.24, 2.45) is 11.8 Å². The Labute approximate surface area is 114 Å². The molecule has 0 unspecified atom stereocenters. The van der Waals surface area contributed by atoms with Crippen molar-refractivity contribution < 1.29 is 4.79 Å². The second-order valence-corrected chi connectivity index (χ2v) is 5.39. The molecular weight excluding hydrogens is 238 g/mol. The molecule has 0 radical (unpaired) electrons. The minimum Gasteiger partial charge on any atom is -0.338 e. The van der Waals surface area contributed by atoms with Crippen molar-refractivity contribution in [1.29, 1.82) is 0 Å². The van der Waals surface area contributed by atoms with Crippen molar-refractivity contribution in [2.45, 2.75) is 33.1 Å². The van der Waals surface area contributed by atoms with Gasteiger partial charge in [0, 0.05) is 13.1 Å². The molecule has 1 fully saturated rings. The van der Waals surface area contributed by atoms with Gasteiger partial charge in [-0.1, -0.05) is 18.6 Å². The van der Waals surface area contributed by atoms with E-state index in [0.717, 1.165) is 25.1 Å². The van der Waals surface area contributed by atoms with Crippen LogP contribution in [0.15, 0.2) is 18.2 Å². The molecule has 0 spiro atoms. The highest BCUT2D eigenvalue weighted by Gasteiger charge is 2.27. The second-order valence-electron chi connectivity index (χ2n) is 5.39. The Morgan fingerprint density at radius 3 is 2.79 bits per heavy atom. The summed E-state index contributed by atoms with van der Waals surface area (Å²) in [6.45, 7) is 5.78. The quantitative estimate of drug-likeness (QED) is 0.611. The number of carbonyl (C=O) groups is 1. The van der Waals surface area contributed by atoms with E-state index in [1.165, 1.54) is 12.8 Å². The molecule has 1 aliphatic rings. The van der Waals surface area contributed by atoms with Gasteiger partial charge in [0.05, 0.1) is 11.3 Å². The summed E-state index contributed by atoms with van der Waals surface area (Å²) in [5.41, 5.74) is 5.08. The van der Waals surface area contributed by atoms with Crippen LogP contribution in [0.5, 0.6) is 0 Å². The van der Waals surface area contributed by atoms with Crippen LogP contribution < -0.4 is 11.3 Å². The molecule has 1 aromatic rings. The lowest BCUT2D eigenvalue weighted by atomic mass is 10.1. The number of nitrogen functional groups attached to an aromatic ring is 1. The van der Waals surface area contributed by atoms with E-state index >= 15 is 0 Å². The smallest absolute Gasteiger partial charge is 0.256 e. The van der Waals surface area contributed by atoms with Gasteiger partial charge in [-0.2, -0.15) is 0 Å². The maximum Gasteiger partial charge on any atom is 0.256 e. The standard InChI is InChI=1S/C15H23N3O/c1-3-8-18(10-12-5-6-12)15(19)13-9-11(2)4-7-14(13)17-16/h4,7,9,12,17H,3,5-6,8,10,16H2,1-2H3. The highest BCUT2D eigenvalue weighted by molar-refractivity contribution is 5.99. The maximum atomic E-state index is 12.7. The Balaban J connectivity index is 2.21. The van der Waals surface area contributed by atoms with E-state index in [1.807, 2.05) is 30.0 Å². The Morgan fingerprint density at radius 2 is 2.21 bits per heavy atom. The van der Waals surface area contributed by atoms with Gasteiger partial charge in [-0.25, -0.2) is 0 Å². The van der Waals surface area contributed by atoms with Crippen molar-refractivity contribution in [1.82, 2.24) is 4.90 Å². The van der Waals surface area contributed by atoms with Crippen molar-refractivity contribution in [2.75, 3.05) is 18.5 Å². The van der Waals surface area contributed by atoms with Gasteiger partial charge in [-0.05, 0) is 44.2 Å². The summed E-state index contributed by atoms with van der Waals surface area (Å²) in [5.74, 6) is 6.30. The Hall–Kier alpha value is -1.55. The molecule has 1 amide bonds. The van der Waals surface area contributed by atoms with Crippen LogP contribution in [0.3, 0.4) is 0 Å². The summed E-state index contributed by atoms with van der Waals surface area (Å²) in [6.07, 6.45) is 3.49. The zero-order valence-electron chi connectivity index (χ0n) is 11.8. The fraction of sp³-hybridized carbons (Fsp3) is 0.533. The number of hydrogen-bond donors (Lipinski definition) is 2. The number of nitrogens with one attached hydrogen (secondary N) is 1. The van der Waals surface area contributed by atoms with Gasteiger partial charge in [0.2, 0.25) is 0 Å². The molecular formula is C15H23N3O. The minimum atomic E-state index is 0.0883. The topological polar surface area (TPSA) is 58.4 Å². The lowest BCUT2D eigenvalue weighted by molar-refractivity contribution is 0.0748. The number of carbonyl (C=O) groups excluding carboxylic acids is 1. The van der Waals surface area contributed by atoms with Gasteiger partial charge >= 0.3 is 0 Å². The van der Waals surface area contributed by atoms with E-state index in [9.17, 15) is 4.79 Å². The summed E-state index contributed by atoms with van der Waals surface area (Å²) in [6, 6.07) is 5.73. The first-order chi connectivity index (χ1) is 9.15. The van der Waals surface area contributed by atoms with E-state index in [1.54, 1.807) is 0 Å². The summed E-state index contributed by atoms with van der Waals surface area (Å²) >= 11 is 0. The molecule has 0 saturated heterocycles. The van der Waals surface area contributed by atoms with E-state index < -0.39 is 0 Å². The Morgan fingerprint density at radius 1 is 1.47 bits per heavy atom. The monoisotopic (exact) mass is 261 g/mol. The molecule has 1 saturated carbocycles. The second kappa shape index (κ2) is 6.06. The summed E-state index contributed by atoms with van der Waals surface area (Å²) in [4.78, 5) is 14.6. The summed E-state index contributed by atoms with van der Waals surface area (Å²) in [7, 11) is 0. The van der Waals surface area contributed by atoms with Crippen LogP contribution in [-0.4, -0.2) is 23.9 Å². The van der Waals surface area contributed by atoms with E-state index in [2.05, 4.69) is 12.3 Å². The van der Waals surface area contributed by atoms with E-state index in [0.29, 0.717) is 17.2 Å². The van der Waals surface area contributed by atoms with Crippen LogP contribution in [0.1, 0.15) is 42.1 Å². The van der Waals surface area contributed by atoms with Gasteiger partial charge in [0.25, 0.3) is 5.91 Å². The molecule has 1 aliphatic carbocycles. The van der Waals surface area contributed by atoms with Crippen LogP contribution in [0, 0.1) is 12.8 Å². The lowest BCUT2D eigenvalue weighted by Gasteiger charge is -2.23. The van der Waals surface area contributed by atoms with Crippen LogP contribution in [0.2, 0.25) is 0 Å². The normalized spacial score (nSPS) is 14.3. The first-order valence-electron chi connectivity index (χ1n) is 7.02. The fourth-order valence-electron chi connectivity index (χ4n) is 2.29. The number of nitrogens with two attached hydrogens (primary N) is 1. The van der Waals surface area contributed by atoms with Gasteiger partial charge < -0.3 is 10.3 Å². The number of hydrazine groups is 1. The van der Waals surface area contributed by atoms with Crippen LogP contribution in [-0.2, 0) is 0 Å². The van der Waals surface area contributed by atoms with Gasteiger partial charge in [0.1, 0.15) is 0 Å². The summed E-state index contributed by atoms with van der Waals surface area (Å²) < 4.78 is 0. The van der Waals surface area contributed by atoms with Crippen LogP contribution in [0.4, 0.5) is 5.69 Å². The average Bonchev–Trinajstić information content (AvgIpc) is 3.21. The van der Waals surface area contributed by atoms with Crippen LogP contribution >= 0.6 is 0 Å². The number of aryl methyl sites for hydroxylation is 1. The first-order valence-corrected chi connectivity index (χ1v) is 7.02. The number of rotatable bonds is 6. The SMILES string of the molecule is CCCN(CC1CC1)C(=O)c1cc(C)ccc1NN. The largest absolute Gasteiger partial charge is 0.338 e. The molecule has 1 aromatic carbocycles. The zero-order valence-corrected chi connectivity index (χ0v) is 11.8. The molecule has 3 N–H and O–H groups in total. The average molecular weight is 261 g/mol. The third kappa shape index (κ3) is 3.47. The highest BCUT2D eigenvalue weighted by Crippen LogP contribution is 2.30. The minimum absolute atomic E-state index is 0.0883. The molecule has 104 valence electrons. The lowest BCUT2D eigenvalue weighted by Crippen LogP contribution is -2.34. The molecule has 4 nitrogen and oxygen atoms in total. The molecule has 2 rings (SSSR count). The molecule has 0 aliphatic heterocycles.